The molecule has 0 spiro atoms. The van der Waals surface area contributed by atoms with E-state index in [1.165, 1.54) is 0 Å². The van der Waals surface area contributed by atoms with Gasteiger partial charge >= 0.3 is 0 Å². The van der Waals surface area contributed by atoms with E-state index in [2.05, 4.69) is 23.8 Å². The van der Waals surface area contributed by atoms with Crippen molar-refractivity contribution in [3.05, 3.63) is 52.4 Å². The molecule has 3 nitrogen and oxygen atoms in total. The molecule has 0 N–H and O–H groups in total. The molecule has 0 amide bonds. The lowest BCUT2D eigenvalue weighted by molar-refractivity contribution is 0.260. The van der Waals surface area contributed by atoms with E-state index >= 15 is 0 Å². The van der Waals surface area contributed by atoms with Gasteiger partial charge in [-0.1, -0.05) is 37.6 Å². The summed E-state index contributed by atoms with van der Waals surface area (Å²) in [6.07, 6.45) is 0.677. The summed E-state index contributed by atoms with van der Waals surface area (Å²) in [6, 6.07) is 9.60. The molecule has 20 heavy (non-hydrogen) atoms. The fraction of sp³-hybridized carbons (Fsp3) is 0.375. The smallest absolute Gasteiger partial charge is 0.216 e. The number of nitrogens with zero attached hydrogens (tertiary/aromatic N) is 2. The molecule has 0 saturated heterocycles. The maximum absolute atomic E-state index is 5.88. The number of hydrogen-bond donors (Lipinski definition) is 0. The summed E-state index contributed by atoms with van der Waals surface area (Å²) in [5.74, 6) is 1.89. The summed E-state index contributed by atoms with van der Waals surface area (Å²) >= 11 is 5.88. The van der Waals surface area contributed by atoms with Crippen molar-refractivity contribution in [3.8, 4) is 5.88 Å². The normalized spacial score (nSPS) is 10.8. The molecule has 2 aromatic rings. The van der Waals surface area contributed by atoms with Crippen LogP contribution in [0.3, 0.4) is 0 Å². The minimum absolute atomic E-state index is 0.477. The molecule has 0 radical (unpaired) electrons. The molecule has 4 heteroatoms. The van der Waals surface area contributed by atoms with Crippen LogP contribution in [0.15, 0.2) is 30.3 Å². The zero-order valence-corrected chi connectivity index (χ0v) is 12.8. The summed E-state index contributed by atoms with van der Waals surface area (Å²) in [7, 11) is 0. The molecule has 0 fully saturated rings. The standard InChI is InChI=1S/C16H19ClN2O/c1-11(2)10-20-16-8-12(3)18-15(19-16)9-13-4-6-14(17)7-5-13/h4-8,11H,9-10H2,1-3H3. The first-order valence-corrected chi connectivity index (χ1v) is 7.12. The number of rotatable bonds is 5. The van der Waals surface area contributed by atoms with Crippen LogP contribution in [0.25, 0.3) is 0 Å². The largest absolute Gasteiger partial charge is 0.477 e. The lowest BCUT2D eigenvalue weighted by atomic mass is 10.1. The van der Waals surface area contributed by atoms with Crippen molar-refractivity contribution in [2.75, 3.05) is 6.61 Å². The lowest BCUT2D eigenvalue weighted by Crippen LogP contribution is -2.08. The summed E-state index contributed by atoms with van der Waals surface area (Å²) in [4.78, 5) is 8.91. The first kappa shape index (κ1) is 14.8. The Bertz CT molecular complexity index is 567. The SMILES string of the molecule is Cc1cc(OCC(C)C)nc(Cc2ccc(Cl)cc2)n1. The first-order valence-electron chi connectivity index (χ1n) is 6.74. The quantitative estimate of drug-likeness (QED) is 0.833. The maximum Gasteiger partial charge on any atom is 0.216 e. The Labute approximate surface area is 125 Å². The highest BCUT2D eigenvalue weighted by Crippen LogP contribution is 2.15. The Balaban J connectivity index is 2.13. The molecule has 0 aliphatic heterocycles. The molecule has 2 rings (SSSR count). The van der Waals surface area contributed by atoms with Gasteiger partial charge in [0.15, 0.2) is 0 Å². The van der Waals surface area contributed by atoms with Crippen LogP contribution < -0.4 is 4.74 Å². The Morgan fingerprint density at radius 3 is 2.50 bits per heavy atom. The van der Waals surface area contributed by atoms with Crippen LogP contribution >= 0.6 is 11.6 Å². The molecule has 0 bridgehead atoms. The number of aryl methyl sites for hydroxylation is 1. The van der Waals surface area contributed by atoms with Crippen LogP contribution in [0.2, 0.25) is 5.02 Å². The number of halogens is 1. The molecule has 0 unspecified atom stereocenters. The van der Waals surface area contributed by atoms with E-state index in [4.69, 9.17) is 16.3 Å². The highest BCUT2D eigenvalue weighted by molar-refractivity contribution is 6.30. The van der Waals surface area contributed by atoms with Gasteiger partial charge in [0.05, 0.1) is 6.61 Å². The molecule has 1 heterocycles. The second-order valence-corrected chi connectivity index (χ2v) is 5.71. The molecule has 0 atom stereocenters. The maximum atomic E-state index is 5.88. The van der Waals surface area contributed by atoms with E-state index < -0.39 is 0 Å². The van der Waals surface area contributed by atoms with Gasteiger partial charge in [-0.05, 0) is 30.5 Å². The number of ether oxygens (including phenoxy) is 1. The van der Waals surface area contributed by atoms with Gasteiger partial charge in [-0.2, -0.15) is 4.98 Å². The average molecular weight is 291 g/mol. The highest BCUT2D eigenvalue weighted by Gasteiger charge is 2.05. The predicted octanol–water partition coefficient (Wildman–Crippen LogP) is 4.06. The van der Waals surface area contributed by atoms with E-state index in [1.54, 1.807) is 0 Å². The van der Waals surface area contributed by atoms with Gasteiger partial charge in [0.2, 0.25) is 5.88 Å². The number of aromatic nitrogens is 2. The van der Waals surface area contributed by atoms with Gasteiger partial charge < -0.3 is 4.74 Å². The van der Waals surface area contributed by atoms with Crippen molar-refractivity contribution in [3.63, 3.8) is 0 Å². The second kappa shape index (κ2) is 6.71. The first-order chi connectivity index (χ1) is 9.52. The van der Waals surface area contributed by atoms with Crippen molar-refractivity contribution in [2.45, 2.75) is 27.2 Å². The highest BCUT2D eigenvalue weighted by atomic mass is 35.5. The van der Waals surface area contributed by atoms with Gasteiger partial charge in [0.25, 0.3) is 0 Å². The Morgan fingerprint density at radius 2 is 1.85 bits per heavy atom. The van der Waals surface area contributed by atoms with E-state index in [9.17, 15) is 0 Å². The minimum atomic E-state index is 0.477. The topological polar surface area (TPSA) is 35.0 Å². The molecular weight excluding hydrogens is 272 g/mol. The fourth-order valence-corrected chi connectivity index (χ4v) is 1.91. The van der Waals surface area contributed by atoms with Crippen molar-refractivity contribution in [1.82, 2.24) is 9.97 Å². The van der Waals surface area contributed by atoms with E-state index in [1.807, 2.05) is 37.3 Å². The Hall–Kier alpha value is -1.61. The van der Waals surface area contributed by atoms with Crippen molar-refractivity contribution >= 4 is 11.6 Å². The van der Waals surface area contributed by atoms with Crippen LogP contribution in [0.4, 0.5) is 0 Å². The van der Waals surface area contributed by atoms with Gasteiger partial charge in [0, 0.05) is 23.2 Å². The van der Waals surface area contributed by atoms with Crippen molar-refractivity contribution < 1.29 is 4.74 Å². The van der Waals surface area contributed by atoms with Gasteiger partial charge in [-0.25, -0.2) is 4.98 Å². The van der Waals surface area contributed by atoms with Gasteiger partial charge in [0.1, 0.15) is 5.82 Å². The van der Waals surface area contributed by atoms with Crippen molar-refractivity contribution in [1.29, 1.82) is 0 Å². The van der Waals surface area contributed by atoms with Gasteiger partial charge in [-0.3, -0.25) is 0 Å². The Kier molecular flexibility index (Phi) is 4.96. The number of hydrogen-bond acceptors (Lipinski definition) is 3. The zero-order chi connectivity index (χ0) is 14.5. The monoisotopic (exact) mass is 290 g/mol. The molecule has 1 aromatic carbocycles. The van der Waals surface area contributed by atoms with Crippen LogP contribution in [0.5, 0.6) is 5.88 Å². The van der Waals surface area contributed by atoms with E-state index in [0.29, 0.717) is 24.8 Å². The van der Waals surface area contributed by atoms with E-state index in [0.717, 1.165) is 22.1 Å². The minimum Gasteiger partial charge on any atom is -0.477 e. The third kappa shape index (κ3) is 4.49. The lowest BCUT2D eigenvalue weighted by Gasteiger charge is -2.10. The van der Waals surface area contributed by atoms with Crippen LogP contribution in [-0.2, 0) is 6.42 Å². The van der Waals surface area contributed by atoms with Crippen LogP contribution in [0.1, 0.15) is 30.9 Å². The molecule has 0 aliphatic rings. The third-order valence-electron chi connectivity index (χ3n) is 2.72. The summed E-state index contributed by atoms with van der Waals surface area (Å²) in [5, 5.41) is 0.736. The van der Waals surface area contributed by atoms with E-state index in [-0.39, 0.29) is 0 Å². The summed E-state index contributed by atoms with van der Waals surface area (Å²) < 4.78 is 5.67. The molecule has 1 aromatic heterocycles. The molecule has 0 aliphatic carbocycles. The third-order valence-corrected chi connectivity index (χ3v) is 2.97. The Morgan fingerprint density at radius 1 is 1.15 bits per heavy atom. The zero-order valence-electron chi connectivity index (χ0n) is 12.1. The molecule has 0 saturated carbocycles. The predicted molar refractivity (Wildman–Crippen MR) is 81.4 cm³/mol. The fourth-order valence-electron chi connectivity index (χ4n) is 1.79. The van der Waals surface area contributed by atoms with Crippen LogP contribution in [-0.4, -0.2) is 16.6 Å². The number of benzene rings is 1. The second-order valence-electron chi connectivity index (χ2n) is 5.27. The van der Waals surface area contributed by atoms with Gasteiger partial charge in [-0.15, -0.1) is 0 Å². The summed E-state index contributed by atoms with van der Waals surface area (Å²) in [6.45, 7) is 6.84. The average Bonchev–Trinajstić information content (AvgIpc) is 2.38. The molecule has 106 valence electrons. The summed E-state index contributed by atoms with van der Waals surface area (Å²) in [5.41, 5.74) is 2.05. The molecular formula is C16H19ClN2O. The van der Waals surface area contributed by atoms with Crippen molar-refractivity contribution in [2.24, 2.45) is 5.92 Å². The van der Waals surface area contributed by atoms with Crippen LogP contribution in [0, 0.1) is 12.8 Å².